The Morgan fingerprint density at radius 2 is 2.00 bits per heavy atom. The lowest BCUT2D eigenvalue weighted by Crippen LogP contribution is -2.40. The molecule has 0 spiro atoms. The third kappa shape index (κ3) is 2.66. The SMILES string of the molecule is Cc1nc(-c2c(N)nsc2N2CC(C)SC(C)C2)cs1. The maximum absolute atomic E-state index is 6.09. The highest BCUT2D eigenvalue weighted by molar-refractivity contribution is 8.00. The fourth-order valence-corrected chi connectivity index (χ4v) is 5.34. The summed E-state index contributed by atoms with van der Waals surface area (Å²) in [5.74, 6) is 0.605. The van der Waals surface area contributed by atoms with Gasteiger partial charge in [-0.15, -0.1) is 11.3 Å². The molecule has 0 amide bonds. The second kappa shape index (κ2) is 5.54. The summed E-state index contributed by atoms with van der Waals surface area (Å²) in [5, 5.41) is 5.57. The number of aromatic nitrogens is 2. The second-order valence-electron chi connectivity index (χ2n) is 5.16. The zero-order chi connectivity index (χ0) is 14.3. The van der Waals surface area contributed by atoms with Crippen molar-refractivity contribution < 1.29 is 0 Å². The van der Waals surface area contributed by atoms with Gasteiger partial charge in [0.1, 0.15) is 10.8 Å². The quantitative estimate of drug-likeness (QED) is 0.915. The van der Waals surface area contributed by atoms with Crippen LogP contribution in [0.5, 0.6) is 0 Å². The highest BCUT2D eigenvalue weighted by Crippen LogP contribution is 2.41. The normalized spacial score (nSPS) is 23.2. The average molecular weight is 327 g/mol. The maximum Gasteiger partial charge on any atom is 0.148 e. The summed E-state index contributed by atoms with van der Waals surface area (Å²) < 4.78 is 4.36. The van der Waals surface area contributed by atoms with Gasteiger partial charge < -0.3 is 10.6 Å². The summed E-state index contributed by atoms with van der Waals surface area (Å²) in [7, 11) is 0. The van der Waals surface area contributed by atoms with Crippen molar-refractivity contribution >= 4 is 45.5 Å². The van der Waals surface area contributed by atoms with E-state index < -0.39 is 0 Å². The molecule has 0 saturated carbocycles. The molecule has 1 aliphatic heterocycles. The van der Waals surface area contributed by atoms with Crippen LogP contribution in [0.3, 0.4) is 0 Å². The van der Waals surface area contributed by atoms with Crippen LogP contribution in [-0.2, 0) is 0 Å². The first-order valence-corrected chi connectivity index (χ1v) is 9.22. The molecule has 20 heavy (non-hydrogen) atoms. The number of nitrogens with zero attached hydrogens (tertiary/aromatic N) is 3. The van der Waals surface area contributed by atoms with Gasteiger partial charge in [0.05, 0.1) is 16.3 Å². The summed E-state index contributed by atoms with van der Waals surface area (Å²) in [6, 6.07) is 0. The standard InChI is InChI=1S/C13H18N4S3/c1-7-4-17(5-8(2)19-7)13-11(12(14)16-20-13)10-6-18-9(3)15-10/h6-8H,4-5H2,1-3H3,(H2,14,16). The van der Waals surface area contributed by atoms with E-state index in [0.29, 0.717) is 16.3 Å². The molecule has 4 nitrogen and oxygen atoms in total. The van der Waals surface area contributed by atoms with Crippen molar-refractivity contribution in [3.05, 3.63) is 10.4 Å². The molecule has 2 atom stereocenters. The number of hydrogen-bond donors (Lipinski definition) is 1. The predicted octanol–water partition coefficient (Wildman–Crippen LogP) is 3.49. The van der Waals surface area contributed by atoms with Crippen molar-refractivity contribution in [2.24, 2.45) is 0 Å². The zero-order valence-electron chi connectivity index (χ0n) is 11.8. The van der Waals surface area contributed by atoms with Gasteiger partial charge in [-0.1, -0.05) is 13.8 Å². The molecule has 0 radical (unpaired) electrons. The van der Waals surface area contributed by atoms with Gasteiger partial charge >= 0.3 is 0 Å². The van der Waals surface area contributed by atoms with Gasteiger partial charge in [-0.2, -0.15) is 16.1 Å². The van der Waals surface area contributed by atoms with Crippen LogP contribution < -0.4 is 10.6 Å². The van der Waals surface area contributed by atoms with E-state index in [4.69, 9.17) is 5.73 Å². The molecule has 3 rings (SSSR count). The van der Waals surface area contributed by atoms with Gasteiger partial charge in [-0.3, -0.25) is 0 Å². The minimum atomic E-state index is 0.605. The number of thiazole rings is 1. The first kappa shape index (κ1) is 14.2. The molecule has 1 saturated heterocycles. The van der Waals surface area contributed by atoms with Crippen molar-refractivity contribution in [1.29, 1.82) is 0 Å². The van der Waals surface area contributed by atoms with Gasteiger partial charge in [0.15, 0.2) is 0 Å². The fourth-order valence-electron chi connectivity index (χ4n) is 2.57. The van der Waals surface area contributed by atoms with E-state index >= 15 is 0 Å². The number of anilines is 2. The van der Waals surface area contributed by atoms with Gasteiger partial charge in [0, 0.05) is 29.0 Å². The predicted molar refractivity (Wildman–Crippen MR) is 91.1 cm³/mol. The molecule has 7 heteroatoms. The number of nitrogens with two attached hydrogens (primary N) is 1. The summed E-state index contributed by atoms with van der Waals surface area (Å²) in [5.41, 5.74) is 8.07. The van der Waals surface area contributed by atoms with E-state index in [1.165, 1.54) is 16.5 Å². The van der Waals surface area contributed by atoms with Crippen LogP contribution in [0.15, 0.2) is 5.38 Å². The summed E-state index contributed by atoms with van der Waals surface area (Å²) in [6.45, 7) is 8.68. The number of thioether (sulfide) groups is 1. The van der Waals surface area contributed by atoms with Crippen molar-refractivity contribution in [2.45, 2.75) is 31.3 Å². The van der Waals surface area contributed by atoms with Crippen LogP contribution >= 0.6 is 34.6 Å². The Bertz CT molecular complexity index is 597. The van der Waals surface area contributed by atoms with Crippen molar-refractivity contribution in [2.75, 3.05) is 23.7 Å². The second-order valence-corrected chi connectivity index (χ2v) is 8.86. The molecule has 2 aromatic rings. The Morgan fingerprint density at radius 1 is 1.30 bits per heavy atom. The van der Waals surface area contributed by atoms with E-state index in [9.17, 15) is 0 Å². The van der Waals surface area contributed by atoms with E-state index in [-0.39, 0.29) is 0 Å². The number of aryl methyl sites for hydroxylation is 1. The minimum Gasteiger partial charge on any atom is -0.382 e. The first-order valence-electron chi connectivity index (χ1n) is 6.62. The van der Waals surface area contributed by atoms with Gasteiger partial charge in [-0.05, 0) is 18.5 Å². The zero-order valence-corrected chi connectivity index (χ0v) is 14.2. The highest BCUT2D eigenvalue weighted by atomic mass is 32.2. The minimum absolute atomic E-state index is 0.605. The molecule has 2 unspecified atom stereocenters. The molecule has 2 N–H and O–H groups in total. The summed E-state index contributed by atoms with van der Waals surface area (Å²) in [6.07, 6.45) is 0. The Balaban J connectivity index is 1.98. The summed E-state index contributed by atoms with van der Waals surface area (Å²) in [4.78, 5) is 7.00. The van der Waals surface area contributed by atoms with Crippen LogP contribution in [0.4, 0.5) is 10.8 Å². The van der Waals surface area contributed by atoms with Crippen LogP contribution in [0.25, 0.3) is 11.3 Å². The van der Waals surface area contributed by atoms with Crippen LogP contribution in [0.1, 0.15) is 18.9 Å². The van der Waals surface area contributed by atoms with E-state index in [2.05, 4.69) is 33.5 Å². The topological polar surface area (TPSA) is 55.0 Å². The van der Waals surface area contributed by atoms with Crippen molar-refractivity contribution in [1.82, 2.24) is 9.36 Å². The third-order valence-corrected chi connectivity index (χ3v) is 6.21. The molecular formula is C13H18N4S3. The van der Waals surface area contributed by atoms with Crippen LogP contribution in [0.2, 0.25) is 0 Å². The third-order valence-electron chi connectivity index (χ3n) is 3.28. The molecule has 0 aromatic carbocycles. The fraction of sp³-hybridized carbons (Fsp3) is 0.538. The lowest BCUT2D eigenvalue weighted by Gasteiger charge is -2.35. The number of hydrogen-bond acceptors (Lipinski definition) is 7. The smallest absolute Gasteiger partial charge is 0.148 e. The summed E-state index contributed by atoms with van der Waals surface area (Å²) >= 11 is 5.20. The Labute approximate surface area is 131 Å². The Morgan fingerprint density at radius 3 is 2.60 bits per heavy atom. The largest absolute Gasteiger partial charge is 0.382 e. The van der Waals surface area contributed by atoms with Crippen LogP contribution in [-0.4, -0.2) is 32.9 Å². The molecule has 1 aliphatic rings. The van der Waals surface area contributed by atoms with E-state index in [1.54, 1.807) is 11.3 Å². The molecule has 3 heterocycles. The Kier molecular flexibility index (Phi) is 3.92. The molecule has 2 aromatic heterocycles. The van der Waals surface area contributed by atoms with Crippen molar-refractivity contribution in [3.63, 3.8) is 0 Å². The van der Waals surface area contributed by atoms with Crippen LogP contribution in [0, 0.1) is 6.92 Å². The van der Waals surface area contributed by atoms with E-state index in [1.807, 2.05) is 18.7 Å². The molecule has 0 bridgehead atoms. The Hall–Kier alpha value is -0.790. The molecule has 0 aliphatic carbocycles. The molecule has 108 valence electrons. The number of rotatable bonds is 2. The van der Waals surface area contributed by atoms with Crippen molar-refractivity contribution in [3.8, 4) is 11.3 Å². The van der Waals surface area contributed by atoms with Gasteiger partial charge in [0.25, 0.3) is 0 Å². The lowest BCUT2D eigenvalue weighted by atomic mass is 10.2. The number of nitrogen functional groups attached to an aromatic ring is 1. The lowest BCUT2D eigenvalue weighted by molar-refractivity contribution is 0.734. The highest BCUT2D eigenvalue weighted by Gasteiger charge is 2.27. The molecular weight excluding hydrogens is 308 g/mol. The average Bonchev–Trinajstić information content (AvgIpc) is 2.94. The van der Waals surface area contributed by atoms with E-state index in [0.717, 1.165) is 29.4 Å². The van der Waals surface area contributed by atoms with Gasteiger partial charge in [-0.25, -0.2) is 4.98 Å². The first-order chi connectivity index (χ1) is 9.54. The maximum atomic E-state index is 6.09. The molecule has 1 fully saturated rings. The van der Waals surface area contributed by atoms with Gasteiger partial charge in [0.2, 0.25) is 0 Å². The monoisotopic (exact) mass is 326 g/mol.